The maximum Gasteiger partial charge on any atom is 0.335 e. The van der Waals surface area contributed by atoms with E-state index in [2.05, 4.69) is 19.9 Å². The van der Waals surface area contributed by atoms with Gasteiger partial charge in [0.25, 0.3) is 0 Å². The molecule has 20 heteroatoms. The molecule has 2 saturated heterocycles. The van der Waals surface area contributed by atoms with E-state index in [4.69, 9.17) is 33.2 Å². The van der Waals surface area contributed by atoms with Gasteiger partial charge in [0.15, 0.2) is 24.8 Å². The third-order valence-electron chi connectivity index (χ3n) is 19.9. The summed E-state index contributed by atoms with van der Waals surface area (Å²) in [6, 6.07) is 0. The summed E-state index contributed by atoms with van der Waals surface area (Å²) < 4.78 is 42.4. The van der Waals surface area contributed by atoms with Crippen molar-refractivity contribution < 1.29 is 98.3 Å². The third kappa shape index (κ3) is 9.01. The zero-order chi connectivity index (χ0) is 54.3. The molecular weight excluding hydrogens is 957 g/mol. The lowest BCUT2D eigenvalue weighted by atomic mass is 9.32. The molecular formula is C53H82O20. The van der Waals surface area contributed by atoms with Crippen LogP contribution in [0.15, 0.2) is 23.3 Å². The summed E-state index contributed by atoms with van der Waals surface area (Å²) in [7, 11) is 0. The van der Waals surface area contributed by atoms with E-state index in [1.54, 1.807) is 26.8 Å². The Morgan fingerprint density at radius 2 is 1.48 bits per heavy atom. The highest BCUT2D eigenvalue weighted by Crippen LogP contribution is 2.76. The van der Waals surface area contributed by atoms with Gasteiger partial charge in [-0.15, -0.1) is 0 Å². The molecule has 23 atom stereocenters. The molecule has 23 unspecified atom stereocenters. The number of hydrogen-bond donors (Lipinski definition) is 9. The number of hydrogen-bond acceptors (Lipinski definition) is 19. The number of aliphatic hydroxyl groups is 8. The monoisotopic (exact) mass is 1040 g/mol. The topological polar surface area (TPSA) is 315 Å². The number of carbonyl (C=O) groups is 4. The van der Waals surface area contributed by atoms with Gasteiger partial charge in [-0.2, -0.15) is 0 Å². The molecule has 20 nitrogen and oxygen atoms in total. The van der Waals surface area contributed by atoms with Gasteiger partial charge in [0.2, 0.25) is 0 Å². The summed E-state index contributed by atoms with van der Waals surface area (Å²) in [4.78, 5) is 53.5. The summed E-state index contributed by atoms with van der Waals surface area (Å²) in [6.07, 6.45) is -15.7. The van der Waals surface area contributed by atoms with Gasteiger partial charge in [0, 0.05) is 28.7 Å². The molecule has 5 aliphatic carbocycles. The van der Waals surface area contributed by atoms with Crippen molar-refractivity contribution >= 4 is 23.9 Å². The normalized spacial score (nSPS) is 47.8. The van der Waals surface area contributed by atoms with Gasteiger partial charge >= 0.3 is 23.9 Å². The van der Waals surface area contributed by atoms with Crippen LogP contribution in [0, 0.1) is 56.2 Å². The van der Waals surface area contributed by atoms with Crippen LogP contribution < -0.4 is 0 Å². The highest BCUT2D eigenvalue weighted by molar-refractivity contribution is 5.88. The van der Waals surface area contributed by atoms with Gasteiger partial charge in [-0.25, -0.2) is 9.59 Å². The summed E-state index contributed by atoms with van der Waals surface area (Å²) in [5, 5.41) is 101. The van der Waals surface area contributed by atoms with E-state index < -0.39 is 174 Å². The van der Waals surface area contributed by atoms with Gasteiger partial charge in [-0.05, 0) is 87.4 Å². The first-order valence-electron chi connectivity index (χ1n) is 26.0. The second kappa shape index (κ2) is 20.7. The van der Waals surface area contributed by atoms with Crippen molar-refractivity contribution in [2.75, 3.05) is 19.8 Å². The Labute approximate surface area is 427 Å². The van der Waals surface area contributed by atoms with Gasteiger partial charge in [-0.1, -0.05) is 73.1 Å². The smallest absolute Gasteiger partial charge is 0.335 e. The van der Waals surface area contributed by atoms with Crippen molar-refractivity contribution in [3.8, 4) is 0 Å². The van der Waals surface area contributed by atoms with Crippen molar-refractivity contribution in [1.29, 1.82) is 0 Å². The molecule has 0 bridgehead atoms. The van der Waals surface area contributed by atoms with E-state index in [1.807, 2.05) is 34.6 Å². The van der Waals surface area contributed by atoms with E-state index in [0.717, 1.165) is 5.57 Å². The van der Waals surface area contributed by atoms with E-state index >= 15 is 0 Å². The maximum absolute atomic E-state index is 14.0. The Morgan fingerprint density at radius 3 is 2.07 bits per heavy atom. The number of aliphatic carboxylic acids is 1. The fraction of sp³-hybridized carbons (Fsp3) is 0.849. The molecule has 6 fully saturated rings. The molecule has 2 aliphatic heterocycles. The average molecular weight is 1040 g/mol. The van der Waals surface area contributed by atoms with Crippen molar-refractivity contribution in [2.24, 2.45) is 56.2 Å². The summed E-state index contributed by atoms with van der Waals surface area (Å²) in [5.74, 6) is -5.32. The van der Waals surface area contributed by atoms with E-state index in [-0.39, 0.29) is 24.7 Å². The third-order valence-corrected chi connectivity index (χ3v) is 19.9. The summed E-state index contributed by atoms with van der Waals surface area (Å²) in [6.45, 7) is 18.5. The Hall–Kier alpha value is -3.12. The Balaban J connectivity index is 1.26. The lowest BCUT2D eigenvalue weighted by Crippen LogP contribution is -2.77. The molecule has 0 radical (unpaired) electrons. The van der Waals surface area contributed by atoms with Crippen LogP contribution in [0.2, 0.25) is 0 Å². The van der Waals surface area contributed by atoms with Gasteiger partial charge < -0.3 is 79.1 Å². The van der Waals surface area contributed by atoms with E-state index in [1.165, 1.54) is 6.92 Å². The van der Waals surface area contributed by atoms with Crippen molar-refractivity contribution in [2.45, 2.75) is 207 Å². The Kier molecular flexibility index (Phi) is 16.3. The van der Waals surface area contributed by atoms with Crippen molar-refractivity contribution in [3.05, 3.63) is 23.3 Å². The van der Waals surface area contributed by atoms with Crippen molar-refractivity contribution in [3.63, 3.8) is 0 Å². The minimum atomic E-state index is -2.00. The fourth-order valence-electron chi connectivity index (χ4n) is 15.1. The molecule has 0 amide bonds. The van der Waals surface area contributed by atoms with Gasteiger partial charge in [-0.3, -0.25) is 9.59 Å². The summed E-state index contributed by atoms with van der Waals surface area (Å²) in [5.41, 5.74) is -5.00. The second-order valence-electron chi connectivity index (χ2n) is 24.0. The standard InChI is InChI=1S/C53H82O20/c1-12-24(3)44(65)72-41-42(73-45(66)25(4)13-2)53(23-55)28(20-48(41,6)7)27-14-15-31-49(8)18-17-32(50(9,22-54)30(49)16-19-51(31,10)52(27,11)39(62)40(53)68-26(5)56)69-47-36(61)37(35(60)38(71-47)43(63)64)70-46-34(59)33(58)29(57)21-67-46/h12,14,25,28-42,46-47,54-55,57-62H,13,15-23H2,1-11H3,(H,63,64). The number of rotatable bonds is 13. The molecule has 9 N–H and O–H groups in total. The SMILES string of the molecule is CC=C(C)C(=O)OC1C(OC(=O)C(C)CC)C2(CO)C(CC1(C)C)C1=CCC3C4(C)CCC(OC5OC(C(=O)O)C(O)C(OC6OCC(O)C(O)C6O)C5O)C(C)(CO)C4CCC3(C)C1(C)C(O)C2OC(C)=O. The molecule has 414 valence electrons. The first-order chi connectivity index (χ1) is 34.0. The zero-order valence-corrected chi connectivity index (χ0v) is 44.1. The predicted octanol–water partition coefficient (Wildman–Crippen LogP) is 2.06. The minimum Gasteiger partial charge on any atom is -0.479 e. The zero-order valence-electron chi connectivity index (χ0n) is 44.1. The quantitative estimate of drug-likeness (QED) is 0.0419. The van der Waals surface area contributed by atoms with Crippen LogP contribution in [0.3, 0.4) is 0 Å². The van der Waals surface area contributed by atoms with Crippen molar-refractivity contribution in [1.82, 2.24) is 0 Å². The van der Waals surface area contributed by atoms with Crippen LogP contribution in [-0.2, 0) is 52.3 Å². The first-order valence-corrected chi connectivity index (χ1v) is 26.0. The Bertz CT molecular complexity index is 2150. The first kappa shape index (κ1) is 57.6. The molecule has 0 spiro atoms. The lowest BCUT2D eigenvalue weighted by Gasteiger charge is -2.73. The second-order valence-corrected chi connectivity index (χ2v) is 24.0. The highest BCUT2D eigenvalue weighted by atomic mass is 16.7. The molecule has 0 aromatic carbocycles. The van der Waals surface area contributed by atoms with E-state index in [9.17, 15) is 65.1 Å². The number of ether oxygens (including phenoxy) is 7. The van der Waals surface area contributed by atoms with Crippen LogP contribution in [0.5, 0.6) is 0 Å². The predicted molar refractivity (Wildman–Crippen MR) is 255 cm³/mol. The number of carboxylic acids is 1. The molecule has 73 heavy (non-hydrogen) atoms. The van der Waals surface area contributed by atoms with Gasteiger partial charge in [0.05, 0.1) is 37.3 Å². The largest absolute Gasteiger partial charge is 0.479 e. The number of aliphatic hydroxyl groups excluding tert-OH is 8. The summed E-state index contributed by atoms with van der Waals surface area (Å²) >= 11 is 0. The van der Waals surface area contributed by atoms with E-state index in [0.29, 0.717) is 37.7 Å². The van der Waals surface area contributed by atoms with Crippen LogP contribution >= 0.6 is 0 Å². The molecule has 7 aliphatic rings. The molecule has 2 heterocycles. The number of allylic oxidation sites excluding steroid dienone is 2. The number of esters is 3. The minimum absolute atomic E-state index is 0.196. The molecule has 4 saturated carbocycles. The lowest BCUT2D eigenvalue weighted by molar-refractivity contribution is -0.358. The molecule has 7 rings (SSSR count). The fourth-order valence-corrected chi connectivity index (χ4v) is 15.1. The Morgan fingerprint density at radius 1 is 0.808 bits per heavy atom. The molecule has 0 aromatic rings. The van der Waals surface area contributed by atoms with Crippen LogP contribution in [0.1, 0.15) is 121 Å². The van der Waals surface area contributed by atoms with Gasteiger partial charge in [0.1, 0.15) is 54.9 Å². The van der Waals surface area contributed by atoms with Crippen LogP contribution in [0.25, 0.3) is 0 Å². The number of fused-ring (bicyclic) bond motifs is 7. The van der Waals surface area contributed by atoms with Crippen LogP contribution in [0.4, 0.5) is 0 Å². The molecule has 0 aromatic heterocycles. The maximum atomic E-state index is 14.0. The number of carbonyl (C=O) groups excluding carboxylic acids is 3. The van der Waals surface area contributed by atoms with Crippen LogP contribution in [-0.4, -0.2) is 175 Å². The highest BCUT2D eigenvalue weighted by Gasteiger charge is 2.77. The number of carboxylic acid groups (broad SMARTS) is 1. The average Bonchev–Trinajstić information content (AvgIpc) is 3.33.